The molecular weight excluding hydrogens is 320 g/mol. The maximum absolute atomic E-state index is 11.7. The van der Waals surface area contributed by atoms with E-state index in [1.165, 1.54) is 0 Å². The lowest BCUT2D eigenvalue weighted by molar-refractivity contribution is -0.115. The fraction of sp³-hybridized carbons (Fsp3) is 0.222. The van der Waals surface area contributed by atoms with Gasteiger partial charge in [0.1, 0.15) is 5.69 Å². The maximum atomic E-state index is 11.7. The van der Waals surface area contributed by atoms with E-state index in [1.54, 1.807) is 13.0 Å². The van der Waals surface area contributed by atoms with Crippen molar-refractivity contribution in [3.05, 3.63) is 57.9 Å². The number of nitrogens with zero attached hydrogens (tertiary/aromatic N) is 1. The minimum Gasteiger partial charge on any atom is -0.366 e. The number of hydrogen-bond acceptors (Lipinski definition) is 4. The van der Waals surface area contributed by atoms with Gasteiger partial charge in [-0.2, -0.15) is 0 Å². The second kappa shape index (κ2) is 6.01. The van der Waals surface area contributed by atoms with Crippen molar-refractivity contribution in [3.63, 3.8) is 0 Å². The number of hydrogen-bond donors (Lipinski definition) is 3. The fourth-order valence-electron chi connectivity index (χ4n) is 3.19. The molecule has 0 spiro atoms. The number of nitrogens with two attached hydrogens (primary N) is 2. The first kappa shape index (κ1) is 16.6. The van der Waals surface area contributed by atoms with Crippen LogP contribution in [0.2, 0.25) is 0 Å². The molecule has 0 saturated heterocycles. The zero-order valence-electron chi connectivity index (χ0n) is 13.9. The molecule has 1 unspecified atom stereocenters. The number of nitrogens with one attached hydrogen (secondary N) is 1. The van der Waals surface area contributed by atoms with Gasteiger partial charge in [0.15, 0.2) is 0 Å². The minimum absolute atomic E-state index is 0.0277. The van der Waals surface area contributed by atoms with E-state index in [-0.39, 0.29) is 29.5 Å². The van der Waals surface area contributed by atoms with Gasteiger partial charge in [0.25, 0.3) is 5.91 Å². The van der Waals surface area contributed by atoms with Crippen LogP contribution in [-0.2, 0) is 11.2 Å². The highest BCUT2D eigenvalue weighted by Crippen LogP contribution is 2.34. The highest BCUT2D eigenvalue weighted by Gasteiger charge is 2.25. The number of carbonyl (C=O) groups excluding carboxylic acids is 3. The van der Waals surface area contributed by atoms with E-state index in [1.807, 2.05) is 25.1 Å². The fourth-order valence-corrected chi connectivity index (χ4v) is 3.19. The van der Waals surface area contributed by atoms with E-state index >= 15 is 0 Å². The minimum atomic E-state index is -0.718. The molecule has 0 radical (unpaired) electrons. The molecule has 7 nitrogen and oxygen atoms in total. The van der Waals surface area contributed by atoms with Crippen LogP contribution in [0.25, 0.3) is 0 Å². The van der Waals surface area contributed by atoms with Gasteiger partial charge in [-0.15, -0.1) is 0 Å². The summed E-state index contributed by atoms with van der Waals surface area (Å²) in [6.07, 6.45) is 0.285. The number of amides is 3. The van der Waals surface area contributed by atoms with E-state index in [4.69, 9.17) is 11.5 Å². The molecule has 5 N–H and O–H groups in total. The molecule has 128 valence electrons. The smallest absolute Gasteiger partial charge is 0.267 e. The Morgan fingerprint density at radius 1 is 1.24 bits per heavy atom. The van der Waals surface area contributed by atoms with Crippen LogP contribution < -0.4 is 16.8 Å². The summed E-state index contributed by atoms with van der Waals surface area (Å²) in [4.78, 5) is 39.5. The Bertz CT molecular complexity index is 886. The molecule has 0 aliphatic carbocycles. The van der Waals surface area contributed by atoms with E-state index in [9.17, 15) is 14.4 Å². The molecule has 0 bridgehead atoms. The normalized spacial score (nSPS) is 13.9. The number of primary amides is 2. The number of fused-ring (bicyclic) bond motifs is 1. The molecule has 25 heavy (non-hydrogen) atoms. The third-order valence-electron chi connectivity index (χ3n) is 4.53. The van der Waals surface area contributed by atoms with Crippen LogP contribution in [0.5, 0.6) is 0 Å². The third-order valence-corrected chi connectivity index (χ3v) is 4.53. The van der Waals surface area contributed by atoms with Gasteiger partial charge in [-0.3, -0.25) is 14.4 Å². The molecule has 1 aromatic heterocycles. The molecule has 1 aliphatic rings. The molecule has 3 rings (SSSR count). The van der Waals surface area contributed by atoms with Crippen LogP contribution in [0.1, 0.15) is 56.1 Å². The van der Waals surface area contributed by atoms with Gasteiger partial charge in [-0.1, -0.05) is 19.1 Å². The predicted molar refractivity (Wildman–Crippen MR) is 92.3 cm³/mol. The monoisotopic (exact) mass is 338 g/mol. The van der Waals surface area contributed by atoms with Crippen LogP contribution >= 0.6 is 0 Å². The van der Waals surface area contributed by atoms with Gasteiger partial charge in [-0.05, 0) is 35.7 Å². The van der Waals surface area contributed by atoms with Crippen molar-refractivity contribution >= 4 is 23.4 Å². The quantitative estimate of drug-likeness (QED) is 0.774. The highest BCUT2D eigenvalue weighted by atomic mass is 16.2. The van der Waals surface area contributed by atoms with Crippen LogP contribution in [0.4, 0.5) is 5.69 Å². The maximum Gasteiger partial charge on any atom is 0.267 e. The molecule has 1 aromatic carbocycles. The first-order valence-corrected chi connectivity index (χ1v) is 7.82. The summed E-state index contributed by atoms with van der Waals surface area (Å²) >= 11 is 0. The molecule has 2 aromatic rings. The Morgan fingerprint density at radius 2 is 1.96 bits per heavy atom. The Morgan fingerprint density at radius 3 is 2.60 bits per heavy atom. The number of pyridine rings is 1. The lowest BCUT2D eigenvalue weighted by Gasteiger charge is -2.17. The molecule has 1 atom stereocenters. The third kappa shape index (κ3) is 2.84. The molecule has 1 aliphatic heterocycles. The second-order valence-corrected chi connectivity index (χ2v) is 6.12. The van der Waals surface area contributed by atoms with Gasteiger partial charge < -0.3 is 16.8 Å². The van der Waals surface area contributed by atoms with Crippen molar-refractivity contribution in [2.45, 2.75) is 26.2 Å². The van der Waals surface area contributed by atoms with Crippen molar-refractivity contribution in [2.75, 3.05) is 5.32 Å². The van der Waals surface area contributed by atoms with Crippen molar-refractivity contribution in [2.24, 2.45) is 11.5 Å². The lowest BCUT2D eigenvalue weighted by Crippen LogP contribution is -2.22. The van der Waals surface area contributed by atoms with Gasteiger partial charge >= 0.3 is 0 Å². The van der Waals surface area contributed by atoms with Crippen molar-refractivity contribution in [1.29, 1.82) is 0 Å². The number of anilines is 1. The zero-order chi connectivity index (χ0) is 18.3. The Labute approximate surface area is 144 Å². The van der Waals surface area contributed by atoms with Crippen molar-refractivity contribution in [1.82, 2.24) is 4.98 Å². The van der Waals surface area contributed by atoms with E-state index in [2.05, 4.69) is 10.3 Å². The average molecular weight is 338 g/mol. The van der Waals surface area contributed by atoms with Gasteiger partial charge in [0.05, 0.1) is 6.42 Å². The number of aromatic nitrogens is 1. The Kier molecular flexibility index (Phi) is 4.00. The standard InChI is InChI=1S/C18H18N4O3/c1-8(10-4-3-5-13-12(10)7-15(23)21-13)14-6-11(17(19)24)9(2)16(22-14)18(20)25/h3-6,8H,7H2,1-2H3,(H2,19,24)(H2,20,25)(H,21,23). The van der Waals surface area contributed by atoms with Gasteiger partial charge in [-0.25, -0.2) is 4.98 Å². The summed E-state index contributed by atoms with van der Waals surface area (Å²) < 4.78 is 0. The molecule has 0 saturated carbocycles. The topological polar surface area (TPSA) is 128 Å². The average Bonchev–Trinajstić information content (AvgIpc) is 2.93. The molecular formula is C18H18N4O3. The summed E-state index contributed by atoms with van der Waals surface area (Å²) in [7, 11) is 0. The van der Waals surface area contributed by atoms with Crippen LogP contribution in [-0.4, -0.2) is 22.7 Å². The zero-order valence-corrected chi connectivity index (χ0v) is 13.9. The largest absolute Gasteiger partial charge is 0.366 e. The van der Waals surface area contributed by atoms with E-state index in [0.29, 0.717) is 11.3 Å². The van der Waals surface area contributed by atoms with Crippen LogP contribution in [0, 0.1) is 6.92 Å². The number of benzene rings is 1. The number of carbonyl (C=O) groups is 3. The first-order chi connectivity index (χ1) is 11.8. The summed E-state index contributed by atoms with van der Waals surface area (Å²) in [6, 6.07) is 7.16. The Balaban J connectivity index is 2.14. The van der Waals surface area contributed by atoms with Gasteiger partial charge in [0.2, 0.25) is 11.8 Å². The lowest BCUT2D eigenvalue weighted by atomic mass is 9.90. The van der Waals surface area contributed by atoms with Crippen LogP contribution in [0.3, 0.4) is 0 Å². The molecule has 7 heteroatoms. The first-order valence-electron chi connectivity index (χ1n) is 7.82. The van der Waals surface area contributed by atoms with Gasteiger partial charge in [0, 0.05) is 22.9 Å². The summed E-state index contributed by atoms with van der Waals surface area (Å²) in [6.45, 7) is 3.48. The molecule has 2 heterocycles. The van der Waals surface area contributed by atoms with Crippen molar-refractivity contribution < 1.29 is 14.4 Å². The van der Waals surface area contributed by atoms with E-state index in [0.717, 1.165) is 16.8 Å². The Hall–Kier alpha value is -3.22. The van der Waals surface area contributed by atoms with Crippen LogP contribution in [0.15, 0.2) is 24.3 Å². The molecule has 3 amide bonds. The SMILES string of the molecule is Cc1c(C(N)=O)cc(C(C)c2cccc3c2CC(=O)N3)nc1C(N)=O. The molecule has 0 fully saturated rings. The summed E-state index contributed by atoms with van der Waals surface area (Å²) in [5.41, 5.74) is 14.5. The second-order valence-electron chi connectivity index (χ2n) is 6.12. The van der Waals surface area contributed by atoms with Crippen molar-refractivity contribution in [3.8, 4) is 0 Å². The van der Waals surface area contributed by atoms with E-state index < -0.39 is 11.8 Å². The number of rotatable bonds is 4. The summed E-state index contributed by atoms with van der Waals surface area (Å²) in [5.74, 6) is -1.68. The predicted octanol–water partition coefficient (Wildman–Crippen LogP) is 1.23. The summed E-state index contributed by atoms with van der Waals surface area (Å²) in [5, 5.41) is 2.80. The highest BCUT2D eigenvalue weighted by molar-refractivity contribution is 6.00.